The van der Waals surface area contributed by atoms with E-state index in [1.54, 1.807) is 19.9 Å². The van der Waals surface area contributed by atoms with Crippen LogP contribution in [0.3, 0.4) is 0 Å². The molecule has 0 spiro atoms. The van der Waals surface area contributed by atoms with Crippen molar-refractivity contribution in [2.24, 2.45) is 5.92 Å². The highest BCUT2D eigenvalue weighted by molar-refractivity contribution is 6.04. The average Bonchev–Trinajstić information content (AvgIpc) is 3.11. The van der Waals surface area contributed by atoms with Crippen molar-refractivity contribution >= 4 is 28.8 Å². The molecule has 0 saturated heterocycles. The van der Waals surface area contributed by atoms with Crippen LogP contribution < -0.4 is 0 Å². The summed E-state index contributed by atoms with van der Waals surface area (Å²) < 4.78 is 10.8. The molecular weight excluding hydrogens is 364 g/mol. The van der Waals surface area contributed by atoms with Crippen molar-refractivity contribution in [1.29, 1.82) is 0 Å². The van der Waals surface area contributed by atoms with Crippen LogP contribution in [0.5, 0.6) is 5.75 Å². The number of phenolic OH excluding ortho intramolecular Hbond substituents is 1. The number of aromatic hydroxyl groups is 1. The number of phenols is 1. The average molecular weight is 386 g/mol. The van der Waals surface area contributed by atoms with E-state index in [-0.39, 0.29) is 23.7 Å². The Morgan fingerprint density at radius 1 is 1.14 bits per heavy atom. The number of rotatable bonds is 0. The summed E-state index contributed by atoms with van der Waals surface area (Å²) in [5, 5.41) is 31.1. The highest BCUT2D eigenvalue weighted by Crippen LogP contribution is 2.33. The summed E-state index contributed by atoms with van der Waals surface area (Å²) in [7, 11) is 0. The molecule has 0 bridgehead atoms. The summed E-state index contributed by atoms with van der Waals surface area (Å²) in [6.07, 6.45) is 3.67. The number of benzene rings is 1. The van der Waals surface area contributed by atoms with E-state index < -0.39 is 30.1 Å². The molecule has 0 aliphatic carbocycles. The zero-order chi connectivity index (χ0) is 20.4. The Balaban J connectivity index is 2.11. The molecule has 1 aromatic heterocycles. The van der Waals surface area contributed by atoms with Gasteiger partial charge in [0.2, 0.25) is 0 Å². The van der Waals surface area contributed by atoms with Crippen molar-refractivity contribution in [1.82, 2.24) is 0 Å². The third-order valence-electron chi connectivity index (χ3n) is 4.90. The first-order valence-electron chi connectivity index (χ1n) is 8.98. The lowest BCUT2D eigenvalue weighted by molar-refractivity contribution is -0.127. The van der Waals surface area contributed by atoms with Crippen molar-refractivity contribution < 1.29 is 34.1 Å². The van der Waals surface area contributed by atoms with Crippen LogP contribution in [-0.4, -0.2) is 45.4 Å². The monoisotopic (exact) mass is 386 g/mol. The number of aliphatic hydroxyl groups is 2. The molecule has 0 saturated carbocycles. The smallest absolute Gasteiger partial charge is 0.342 e. The van der Waals surface area contributed by atoms with Crippen LogP contribution in [0.15, 0.2) is 41.0 Å². The Hall–Kier alpha value is -2.90. The molecule has 1 unspecified atom stereocenters. The van der Waals surface area contributed by atoms with Crippen LogP contribution in [0.25, 0.3) is 17.0 Å². The molecule has 7 nitrogen and oxygen atoms in total. The van der Waals surface area contributed by atoms with Crippen LogP contribution in [0.4, 0.5) is 0 Å². The van der Waals surface area contributed by atoms with Crippen molar-refractivity contribution in [3.8, 4) is 5.75 Å². The van der Waals surface area contributed by atoms with E-state index in [9.17, 15) is 24.9 Å². The first-order chi connectivity index (χ1) is 13.3. The van der Waals surface area contributed by atoms with Crippen molar-refractivity contribution in [2.75, 3.05) is 0 Å². The maximum Gasteiger partial charge on any atom is 0.342 e. The zero-order valence-corrected chi connectivity index (χ0v) is 15.5. The van der Waals surface area contributed by atoms with E-state index in [1.165, 1.54) is 36.6 Å². The summed E-state index contributed by atoms with van der Waals surface area (Å²) in [6, 6.07) is 3.00. The maximum absolute atomic E-state index is 12.8. The molecule has 3 N–H and O–H groups in total. The van der Waals surface area contributed by atoms with Gasteiger partial charge in [0.25, 0.3) is 0 Å². The van der Waals surface area contributed by atoms with Gasteiger partial charge in [-0.15, -0.1) is 0 Å². The number of hydrogen-bond acceptors (Lipinski definition) is 7. The predicted octanol–water partition coefficient (Wildman–Crippen LogP) is 2.58. The number of carbonyl (C=O) groups is 2. The Labute approximate surface area is 161 Å². The summed E-state index contributed by atoms with van der Waals surface area (Å²) in [5.74, 6) is -1.96. The summed E-state index contributed by atoms with van der Waals surface area (Å²) in [4.78, 5) is 24.8. The molecule has 1 aliphatic heterocycles. The second-order valence-corrected chi connectivity index (χ2v) is 6.90. The van der Waals surface area contributed by atoms with Gasteiger partial charge in [-0.1, -0.05) is 25.2 Å². The third kappa shape index (κ3) is 3.85. The Morgan fingerprint density at radius 2 is 1.89 bits per heavy atom. The Bertz CT molecular complexity index is 953. The molecule has 0 amide bonds. The molecule has 2 aromatic rings. The SMILES string of the molecule is C[C@@H]1/C=C\C(=O)C(O)[C@@H](O)C/C=C/c2c(c(O)cc3occc23)C(=O)O[C@H]1C. The fourth-order valence-corrected chi connectivity index (χ4v) is 2.99. The molecular formula is C21H22O7. The number of ketones is 1. The maximum atomic E-state index is 12.8. The number of ether oxygens (including phenoxy) is 1. The topological polar surface area (TPSA) is 117 Å². The lowest BCUT2D eigenvalue weighted by Gasteiger charge is -2.20. The lowest BCUT2D eigenvalue weighted by atomic mass is 9.98. The van der Waals surface area contributed by atoms with Gasteiger partial charge in [0.15, 0.2) is 5.78 Å². The number of aliphatic hydroxyl groups excluding tert-OH is 2. The number of fused-ring (bicyclic) bond motifs is 3. The summed E-state index contributed by atoms with van der Waals surface area (Å²) >= 11 is 0. The van der Waals surface area contributed by atoms with E-state index in [4.69, 9.17) is 9.15 Å². The molecule has 2 heterocycles. The second-order valence-electron chi connectivity index (χ2n) is 6.90. The largest absolute Gasteiger partial charge is 0.507 e. The normalized spacial score (nSPS) is 29.0. The molecule has 1 aliphatic rings. The van der Waals surface area contributed by atoms with Gasteiger partial charge in [-0.3, -0.25) is 4.79 Å². The Morgan fingerprint density at radius 3 is 2.64 bits per heavy atom. The fourth-order valence-electron chi connectivity index (χ4n) is 2.99. The predicted molar refractivity (Wildman–Crippen MR) is 102 cm³/mol. The van der Waals surface area contributed by atoms with Gasteiger partial charge in [-0.25, -0.2) is 4.79 Å². The second kappa shape index (κ2) is 8.00. The summed E-state index contributed by atoms with van der Waals surface area (Å²) in [6.45, 7) is 3.41. The lowest BCUT2D eigenvalue weighted by Crippen LogP contribution is -2.32. The zero-order valence-electron chi connectivity index (χ0n) is 15.5. The molecule has 1 aromatic carbocycles. The molecule has 28 heavy (non-hydrogen) atoms. The van der Waals surface area contributed by atoms with Crippen LogP contribution in [0, 0.1) is 5.92 Å². The highest BCUT2D eigenvalue weighted by atomic mass is 16.5. The molecule has 3 rings (SSSR count). The van der Waals surface area contributed by atoms with Gasteiger partial charge >= 0.3 is 5.97 Å². The quantitative estimate of drug-likeness (QED) is 0.596. The van der Waals surface area contributed by atoms with E-state index in [1.807, 2.05) is 0 Å². The minimum absolute atomic E-state index is 0.0173. The minimum Gasteiger partial charge on any atom is -0.507 e. The van der Waals surface area contributed by atoms with Crippen LogP contribution in [0.1, 0.15) is 36.2 Å². The van der Waals surface area contributed by atoms with E-state index in [0.29, 0.717) is 16.5 Å². The summed E-state index contributed by atoms with van der Waals surface area (Å²) in [5.41, 5.74) is 0.737. The van der Waals surface area contributed by atoms with Gasteiger partial charge < -0.3 is 24.5 Å². The van der Waals surface area contributed by atoms with Crippen LogP contribution >= 0.6 is 0 Å². The third-order valence-corrected chi connectivity index (χ3v) is 4.90. The van der Waals surface area contributed by atoms with E-state index in [2.05, 4.69) is 0 Å². The molecule has 148 valence electrons. The number of esters is 1. The van der Waals surface area contributed by atoms with Crippen molar-refractivity contribution in [3.05, 3.63) is 47.8 Å². The standard InChI is InChI=1S/C21H22O7/c1-11-6-7-16(23)20(25)15(22)5-3-4-14-13-8-9-27-18(13)10-17(24)19(14)21(26)28-12(11)2/h3-4,6-12,15,20,22,24-25H,5H2,1-2H3/b4-3+,7-6-/t11-,12+,15+,20?/m1/s1. The minimum atomic E-state index is -1.56. The van der Waals surface area contributed by atoms with Crippen molar-refractivity contribution in [3.63, 3.8) is 0 Å². The van der Waals surface area contributed by atoms with Crippen molar-refractivity contribution in [2.45, 2.75) is 38.6 Å². The molecule has 0 radical (unpaired) electrons. The van der Waals surface area contributed by atoms with E-state index in [0.717, 1.165) is 0 Å². The molecule has 7 heteroatoms. The van der Waals surface area contributed by atoms with Gasteiger partial charge in [0.1, 0.15) is 29.1 Å². The van der Waals surface area contributed by atoms with Gasteiger partial charge in [-0.05, 0) is 25.5 Å². The van der Waals surface area contributed by atoms with Gasteiger partial charge in [0.05, 0.1) is 12.4 Å². The van der Waals surface area contributed by atoms with Gasteiger partial charge in [-0.2, -0.15) is 0 Å². The number of carbonyl (C=O) groups excluding carboxylic acids is 2. The number of hydrogen-bond donors (Lipinski definition) is 3. The first kappa shape index (κ1) is 19.9. The first-order valence-corrected chi connectivity index (χ1v) is 8.98. The number of furan rings is 1. The molecule has 4 atom stereocenters. The van der Waals surface area contributed by atoms with Crippen LogP contribution in [-0.2, 0) is 9.53 Å². The Kier molecular flexibility index (Phi) is 5.67. The number of cyclic esters (lactones) is 1. The van der Waals surface area contributed by atoms with Gasteiger partial charge in [0, 0.05) is 22.9 Å². The molecule has 0 fully saturated rings. The van der Waals surface area contributed by atoms with E-state index >= 15 is 0 Å². The highest BCUT2D eigenvalue weighted by Gasteiger charge is 2.26. The van der Waals surface area contributed by atoms with Crippen LogP contribution in [0.2, 0.25) is 0 Å². The fraction of sp³-hybridized carbons (Fsp3) is 0.333.